The summed E-state index contributed by atoms with van der Waals surface area (Å²) < 4.78 is 43.6. The van der Waals surface area contributed by atoms with Crippen LogP contribution in [0.15, 0.2) is 6.07 Å². The average Bonchev–Trinajstić information content (AvgIpc) is 2.88. The van der Waals surface area contributed by atoms with Crippen LogP contribution in [0.2, 0.25) is 0 Å². The molecule has 6 rings (SSSR count). The first kappa shape index (κ1) is 17.5. The van der Waals surface area contributed by atoms with E-state index >= 15 is 0 Å². The first-order valence-corrected chi connectivity index (χ1v) is 10.2. The Morgan fingerprint density at radius 2 is 1.70 bits per heavy atom. The van der Waals surface area contributed by atoms with E-state index in [0.29, 0.717) is 41.3 Å². The highest BCUT2D eigenvalue weighted by molar-refractivity contribution is 5.83. The molecule has 146 valence electrons. The van der Waals surface area contributed by atoms with Gasteiger partial charge in [0.25, 0.3) is 0 Å². The second kappa shape index (κ2) is 5.71. The second-order valence-corrected chi connectivity index (χ2v) is 9.26. The maximum Gasteiger partial charge on any atom is 0.417 e. The molecule has 6 heteroatoms. The summed E-state index contributed by atoms with van der Waals surface area (Å²) in [6.45, 7) is 4.27. The highest BCUT2D eigenvalue weighted by Gasteiger charge is 2.53. The van der Waals surface area contributed by atoms with Crippen molar-refractivity contribution in [2.75, 3.05) is 0 Å². The van der Waals surface area contributed by atoms with Crippen LogP contribution in [0.5, 0.6) is 0 Å². The maximum atomic E-state index is 14.0. The van der Waals surface area contributed by atoms with E-state index in [1.165, 1.54) is 25.3 Å². The zero-order valence-electron chi connectivity index (χ0n) is 15.9. The van der Waals surface area contributed by atoms with Crippen LogP contribution in [0.3, 0.4) is 0 Å². The highest BCUT2D eigenvalue weighted by atomic mass is 19.4. The molecule has 0 spiro atoms. The molecule has 3 nitrogen and oxygen atoms in total. The second-order valence-electron chi connectivity index (χ2n) is 9.26. The molecule has 4 bridgehead atoms. The van der Waals surface area contributed by atoms with Gasteiger partial charge in [0.1, 0.15) is 0 Å². The van der Waals surface area contributed by atoms with E-state index < -0.39 is 11.7 Å². The van der Waals surface area contributed by atoms with E-state index in [9.17, 15) is 13.2 Å². The number of pyridine rings is 1. The largest absolute Gasteiger partial charge is 0.417 e. The molecule has 27 heavy (non-hydrogen) atoms. The van der Waals surface area contributed by atoms with E-state index in [2.05, 4.69) is 5.10 Å². The molecule has 0 amide bonds. The van der Waals surface area contributed by atoms with Crippen molar-refractivity contribution in [3.63, 3.8) is 0 Å². The lowest BCUT2D eigenvalue weighted by Crippen LogP contribution is -2.49. The van der Waals surface area contributed by atoms with Crippen LogP contribution < -0.4 is 0 Å². The van der Waals surface area contributed by atoms with Gasteiger partial charge in [0, 0.05) is 17.7 Å². The molecule has 0 radical (unpaired) electrons. The predicted molar refractivity (Wildman–Crippen MR) is 97.4 cm³/mol. The van der Waals surface area contributed by atoms with Crippen molar-refractivity contribution >= 4 is 11.0 Å². The van der Waals surface area contributed by atoms with Gasteiger partial charge >= 0.3 is 6.18 Å². The van der Waals surface area contributed by atoms with Crippen molar-refractivity contribution in [2.24, 2.45) is 17.8 Å². The van der Waals surface area contributed by atoms with E-state index in [-0.39, 0.29) is 10.8 Å². The quantitative estimate of drug-likeness (QED) is 0.693. The summed E-state index contributed by atoms with van der Waals surface area (Å²) in [5, 5.41) is 4.58. The first-order chi connectivity index (χ1) is 12.8. The van der Waals surface area contributed by atoms with Crippen LogP contribution in [0, 0.1) is 24.7 Å². The van der Waals surface area contributed by atoms with Gasteiger partial charge in [-0.05, 0) is 75.7 Å². The molecule has 4 aliphatic rings. The number of nitrogens with zero attached hydrogens (tertiary/aromatic N) is 3. The molecule has 4 saturated carbocycles. The fourth-order valence-electron chi connectivity index (χ4n) is 6.64. The molecule has 2 heterocycles. The van der Waals surface area contributed by atoms with E-state index in [4.69, 9.17) is 4.98 Å². The molecule has 2 aromatic rings. The van der Waals surface area contributed by atoms with Gasteiger partial charge in [-0.3, -0.25) is 0 Å². The van der Waals surface area contributed by atoms with Crippen molar-refractivity contribution in [3.8, 4) is 0 Å². The van der Waals surface area contributed by atoms with Crippen LogP contribution in [-0.4, -0.2) is 14.8 Å². The Labute approximate surface area is 157 Å². The third-order valence-corrected chi connectivity index (χ3v) is 7.20. The molecule has 0 aliphatic heterocycles. The van der Waals surface area contributed by atoms with Crippen molar-refractivity contribution in [1.82, 2.24) is 14.8 Å². The monoisotopic (exact) mass is 377 g/mol. The minimum atomic E-state index is -4.39. The normalized spacial score (nSPS) is 32.6. The fourth-order valence-corrected chi connectivity index (χ4v) is 6.64. The Morgan fingerprint density at radius 3 is 2.22 bits per heavy atom. The fraction of sp³-hybridized carbons (Fsp3) is 0.714. The van der Waals surface area contributed by atoms with Crippen LogP contribution in [-0.2, 0) is 18.1 Å². The lowest BCUT2D eigenvalue weighted by Gasteiger charge is -2.56. The number of fused-ring (bicyclic) bond motifs is 1. The lowest BCUT2D eigenvalue weighted by atomic mass is 9.48. The first-order valence-electron chi connectivity index (χ1n) is 10.2. The summed E-state index contributed by atoms with van der Waals surface area (Å²) in [7, 11) is 0. The molecule has 4 fully saturated rings. The average molecular weight is 377 g/mol. The zero-order valence-corrected chi connectivity index (χ0v) is 15.9. The SMILES string of the molecule is CCCn1nc(C)c2c(C(F)(F)F)cc(C34CC5CC(CC(C5)C3)C4)nc21. The Bertz CT molecular complexity index is 861. The summed E-state index contributed by atoms with van der Waals surface area (Å²) >= 11 is 0. The van der Waals surface area contributed by atoms with E-state index in [1.54, 1.807) is 11.6 Å². The van der Waals surface area contributed by atoms with Gasteiger partial charge in [0.2, 0.25) is 0 Å². The number of hydrogen-bond donors (Lipinski definition) is 0. The summed E-state index contributed by atoms with van der Waals surface area (Å²) in [5.74, 6) is 2.01. The van der Waals surface area contributed by atoms with Gasteiger partial charge < -0.3 is 0 Å². The molecular weight excluding hydrogens is 351 g/mol. The molecule has 0 saturated heterocycles. The van der Waals surface area contributed by atoms with Crippen LogP contribution >= 0.6 is 0 Å². The molecule has 0 atom stereocenters. The Balaban J connectivity index is 1.72. The minimum absolute atomic E-state index is 0.155. The van der Waals surface area contributed by atoms with Crippen LogP contribution in [0.4, 0.5) is 13.2 Å². The summed E-state index contributed by atoms with van der Waals surface area (Å²) in [6.07, 6.45) is 3.26. The standard InChI is InChI=1S/C21H26F3N3/c1-3-4-27-19-18(12(2)26-27)16(21(22,23)24)8-17(25-19)20-9-13-5-14(10-20)7-15(6-13)11-20/h8,13-15H,3-7,9-11H2,1-2H3. The molecule has 4 aliphatic carbocycles. The van der Waals surface area contributed by atoms with Crippen molar-refractivity contribution in [1.29, 1.82) is 0 Å². The van der Waals surface area contributed by atoms with Crippen LogP contribution in [0.25, 0.3) is 11.0 Å². The number of halogens is 3. The highest BCUT2D eigenvalue weighted by Crippen LogP contribution is 2.60. The number of alkyl halides is 3. The molecule has 2 aromatic heterocycles. The van der Waals surface area contributed by atoms with Crippen molar-refractivity contribution in [2.45, 2.75) is 76.9 Å². The Kier molecular flexibility index (Phi) is 3.70. The van der Waals surface area contributed by atoms with Crippen LogP contribution in [0.1, 0.15) is 68.8 Å². The van der Waals surface area contributed by atoms with E-state index in [0.717, 1.165) is 25.7 Å². The molecular formula is C21H26F3N3. The topological polar surface area (TPSA) is 30.7 Å². The number of aromatic nitrogens is 3. The third kappa shape index (κ3) is 2.62. The van der Waals surface area contributed by atoms with Gasteiger partial charge in [-0.1, -0.05) is 6.92 Å². The summed E-state index contributed by atoms with van der Waals surface area (Å²) in [5.41, 5.74) is 0.833. The van der Waals surface area contributed by atoms with Gasteiger partial charge in [-0.25, -0.2) is 9.67 Å². The van der Waals surface area contributed by atoms with Crippen molar-refractivity contribution < 1.29 is 13.2 Å². The Morgan fingerprint density at radius 1 is 1.11 bits per heavy atom. The maximum absolute atomic E-state index is 14.0. The van der Waals surface area contributed by atoms with Crippen molar-refractivity contribution in [3.05, 3.63) is 23.0 Å². The third-order valence-electron chi connectivity index (χ3n) is 7.20. The number of rotatable bonds is 3. The minimum Gasteiger partial charge on any atom is -0.247 e. The summed E-state index contributed by atoms with van der Waals surface area (Å²) in [4.78, 5) is 4.88. The van der Waals surface area contributed by atoms with E-state index in [1.807, 2.05) is 6.92 Å². The Hall–Kier alpha value is -1.59. The lowest BCUT2D eigenvalue weighted by molar-refractivity contribution is -0.136. The number of hydrogen-bond acceptors (Lipinski definition) is 2. The predicted octanol–water partition coefficient (Wildman–Crippen LogP) is 5.64. The number of aryl methyl sites for hydroxylation is 2. The van der Waals surface area contributed by atoms with Gasteiger partial charge in [0.15, 0.2) is 5.65 Å². The molecule has 0 unspecified atom stereocenters. The van der Waals surface area contributed by atoms with Gasteiger partial charge in [-0.15, -0.1) is 0 Å². The summed E-state index contributed by atoms with van der Waals surface area (Å²) in [6, 6.07) is 1.38. The zero-order chi connectivity index (χ0) is 19.0. The molecule has 0 aromatic carbocycles. The molecule has 0 N–H and O–H groups in total. The van der Waals surface area contributed by atoms with Gasteiger partial charge in [0.05, 0.1) is 16.6 Å². The van der Waals surface area contributed by atoms with Gasteiger partial charge in [-0.2, -0.15) is 18.3 Å². The smallest absolute Gasteiger partial charge is 0.247 e.